The first-order valence-electron chi connectivity index (χ1n) is 10.6. The van der Waals surface area contributed by atoms with Crippen LogP contribution in [0.1, 0.15) is 19.3 Å². The average Bonchev–Trinajstić information content (AvgIpc) is 3.25. The summed E-state index contributed by atoms with van der Waals surface area (Å²) >= 11 is 0. The normalized spacial score (nSPS) is 17.1. The number of nitrogens with zero attached hydrogens (tertiary/aromatic N) is 2. The number of ether oxygens (including phenoxy) is 1. The largest absolute Gasteiger partial charge is 0.455 e. The summed E-state index contributed by atoms with van der Waals surface area (Å²) in [6.45, 7) is 1.53. The van der Waals surface area contributed by atoms with Gasteiger partial charge in [-0.1, -0.05) is 24.6 Å². The highest BCUT2D eigenvalue weighted by Gasteiger charge is 2.28. The van der Waals surface area contributed by atoms with E-state index in [4.69, 9.17) is 4.74 Å². The van der Waals surface area contributed by atoms with E-state index in [9.17, 15) is 18.0 Å². The number of carbonyl (C=O) groups is 2. The van der Waals surface area contributed by atoms with Crippen LogP contribution < -0.4 is 15.4 Å². The van der Waals surface area contributed by atoms with Crippen LogP contribution in [0, 0.1) is 0 Å². The molecule has 2 aromatic rings. The van der Waals surface area contributed by atoms with Gasteiger partial charge in [0, 0.05) is 26.2 Å². The van der Waals surface area contributed by atoms with Gasteiger partial charge in [-0.3, -0.25) is 9.69 Å². The van der Waals surface area contributed by atoms with Crippen LogP contribution in [0.25, 0.3) is 0 Å². The molecule has 2 N–H and O–H groups in total. The molecule has 170 valence electrons. The second kappa shape index (κ2) is 9.58. The van der Waals surface area contributed by atoms with E-state index in [-0.39, 0.29) is 11.4 Å². The van der Waals surface area contributed by atoms with Crippen molar-refractivity contribution in [1.82, 2.24) is 14.5 Å². The predicted molar refractivity (Wildman–Crippen MR) is 119 cm³/mol. The summed E-state index contributed by atoms with van der Waals surface area (Å²) < 4.78 is 33.7. The van der Waals surface area contributed by atoms with Crippen LogP contribution in [-0.4, -0.2) is 62.3 Å². The fraction of sp³-hybridized carbons (Fsp3) is 0.364. The van der Waals surface area contributed by atoms with Gasteiger partial charge in [0.2, 0.25) is 15.9 Å². The van der Waals surface area contributed by atoms with Crippen molar-refractivity contribution in [3.05, 3.63) is 48.5 Å². The molecule has 2 fully saturated rings. The SMILES string of the molecule is O=C(CNc1cc(S(=O)(=O)N2CCCCC2)ccc1Oc1ccccc1)N1CCNC1=O. The van der Waals surface area contributed by atoms with E-state index in [2.05, 4.69) is 10.6 Å². The van der Waals surface area contributed by atoms with E-state index in [0.717, 1.165) is 24.2 Å². The van der Waals surface area contributed by atoms with Gasteiger partial charge in [0.15, 0.2) is 5.75 Å². The van der Waals surface area contributed by atoms with Crippen molar-refractivity contribution in [2.45, 2.75) is 24.2 Å². The molecule has 2 saturated heterocycles. The Morgan fingerprint density at radius 1 is 1.03 bits per heavy atom. The fourth-order valence-corrected chi connectivity index (χ4v) is 5.29. The van der Waals surface area contributed by atoms with E-state index >= 15 is 0 Å². The molecule has 0 aromatic heterocycles. The number of carbonyl (C=O) groups excluding carboxylic acids is 2. The summed E-state index contributed by atoms with van der Waals surface area (Å²) in [6.07, 6.45) is 2.70. The minimum atomic E-state index is -3.66. The number of anilines is 1. The molecule has 0 spiro atoms. The molecule has 10 heteroatoms. The highest BCUT2D eigenvalue weighted by atomic mass is 32.2. The third kappa shape index (κ3) is 4.86. The van der Waals surface area contributed by atoms with Crippen molar-refractivity contribution < 1.29 is 22.7 Å². The molecule has 0 aliphatic carbocycles. The number of nitrogens with one attached hydrogen (secondary N) is 2. The van der Waals surface area contributed by atoms with Gasteiger partial charge in [-0.15, -0.1) is 0 Å². The number of imide groups is 1. The lowest BCUT2D eigenvalue weighted by Crippen LogP contribution is -2.38. The molecule has 2 aliphatic heterocycles. The van der Waals surface area contributed by atoms with Gasteiger partial charge >= 0.3 is 6.03 Å². The van der Waals surface area contributed by atoms with Crippen LogP contribution >= 0.6 is 0 Å². The van der Waals surface area contributed by atoms with Crippen molar-refractivity contribution in [3.8, 4) is 11.5 Å². The Bertz CT molecular complexity index is 1080. The van der Waals surface area contributed by atoms with Crippen LogP contribution in [0.4, 0.5) is 10.5 Å². The number of hydrogen-bond donors (Lipinski definition) is 2. The number of rotatable bonds is 7. The number of para-hydroxylation sites is 1. The molecule has 9 nitrogen and oxygen atoms in total. The van der Waals surface area contributed by atoms with Gasteiger partial charge in [0.05, 0.1) is 17.1 Å². The maximum Gasteiger partial charge on any atom is 0.324 e. The molecule has 4 rings (SSSR count). The van der Waals surface area contributed by atoms with Crippen molar-refractivity contribution in [2.75, 3.05) is 38.0 Å². The van der Waals surface area contributed by atoms with Gasteiger partial charge in [-0.2, -0.15) is 4.31 Å². The lowest BCUT2D eigenvalue weighted by Gasteiger charge is -2.26. The van der Waals surface area contributed by atoms with E-state index in [1.54, 1.807) is 18.2 Å². The van der Waals surface area contributed by atoms with Crippen LogP contribution in [0.15, 0.2) is 53.4 Å². The van der Waals surface area contributed by atoms with E-state index in [1.165, 1.54) is 16.4 Å². The summed E-state index contributed by atoms with van der Waals surface area (Å²) in [6, 6.07) is 13.2. The van der Waals surface area contributed by atoms with Gasteiger partial charge in [-0.25, -0.2) is 13.2 Å². The topological polar surface area (TPSA) is 108 Å². The Balaban J connectivity index is 1.59. The van der Waals surface area contributed by atoms with E-state index in [1.807, 2.05) is 18.2 Å². The first kappa shape index (κ1) is 22.1. The highest BCUT2D eigenvalue weighted by Crippen LogP contribution is 2.33. The molecule has 0 bridgehead atoms. The zero-order valence-corrected chi connectivity index (χ0v) is 18.4. The molecule has 3 amide bonds. The number of urea groups is 1. The van der Waals surface area contributed by atoms with Gasteiger partial charge < -0.3 is 15.4 Å². The first-order chi connectivity index (χ1) is 15.4. The van der Waals surface area contributed by atoms with Crippen LogP contribution in [0.2, 0.25) is 0 Å². The summed E-state index contributed by atoms with van der Waals surface area (Å²) in [5.74, 6) is 0.551. The third-order valence-corrected chi connectivity index (χ3v) is 7.36. The summed E-state index contributed by atoms with van der Waals surface area (Å²) in [5.41, 5.74) is 0.361. The van der Waals surface area contributed by atoms with Crippen LogP contribution in [0.5, 0.6) is 11.5 Å². The van der Waals surface area contributed by atoms with Gasteiger partial charge in [-0.05, 0) is 43.2 Å². The minimum absolute atomic E-state index is 0.133. The Morgan fingerprint density at radius 3 is 2.47 bits per heavy atom. The molecule has 0 radical (unpaired) electrons. The average molecular weight is 459 g/mol. The predicted octanol–water partition coefficient (Wildman–Crippen LogP) is 2.62. The summed E-state index contributed by atoms with van der Waals surface area (Å²) in [5, 5.41) is 5.55. The molecule has 2 heterocycles. The van der Waals surface area contributed by atoms with Crippen molar-refractivity contribution in [2.24, 2.45) is 0 Å². The number of benzene rings is 2. The molecule has 32 heavy (non-hydrogen) atoms. The highest BCUT2D eigenvalue weighted by molar-refractivity contribution is 7.89. The Morgan fingerprint density at radius 2 is 1.78 bits per heavy atom. The van der Waals surface area contributed by atoms with Crippen molar-refractivity contribution in [1.29, 1.82) is 0 Å². The summed E-state index contributed by atoms with van der Waals surface area (Å²) in [4.78, 5) is 25.5. The maximum absolute atomic E-state index is 13.1. The zero-order valence-electron chi connectivity index (χ0n) is 17.6. The van der Waals surface area contributed by atoms with Gasteiger partial charge in [0.1, 0.15) is 5.75 Å². The second-order valence-electron chi connectivity index (χ2n) is 7.67. The standard InChI is InChI=1S/C22H26N4O5S/c27-21(26-14-11-23-22(26)28)16-24-19-15-18(32(29,30)25-12-5-2-6-13-25)9-10-20(19)31-17-7-3-1-4-8-17/h1,3-4,7-10,15,24H,2,5-6,11-14,16H2,(H,23,28). The fourth-order valence-electron chi connectivity index (χ4n) is 3.74. The maximum atomic E-state index is 13.1. The lowest BCUT2D eigenvalue weighted by atomic mass is 10.2. The third-order valence-electron chi connectivity index (χ3n) is 5.46. The molecule has 2 aromatic carbocycles. The molecule has 2 aliphatic rings. The second-order valence-corrected chi connectivity index (χ2v) is 9.61. The molecule has 0 unspecified atom stereocenters. The number of hydrogen-bond acceptors (Lipinski definition) is 6. The smallest absolute Gasteiger partial charge is 0.324 e. The van der Waals surface area contributed by atoms with Gasteiger partial charge in [0.25, 0.3) is 0 Å². The van der Waals surface area contributed by atoms with E-state index < -0.39 is 22.0 Å². The van der Waals surface area contributed by atoms with E-state index in [0.29, 0.717) is 43.4 Å². The van der Waals surface area contributed by atoms with Crippen LogP contribution in [0.3, 0.4) is 0 Å². The lowest BCUT2D eigenvalue weighted by molar-refractivity contribution is -0.125. The number of piperidine rings is 1. The zero-order chi connectivity index (χ0) is 22.6. The molecule has 0 atom stereocenters. The number of sulfonamides is 1. The summed E-state index contributed by atoms with van der Waals surface area (Å²) in [7, 11) is -3.66. The molecular weight excluding hydrogens is 432 g/mol. The molecular formula is C22H26N4O5S. The first-order valence-corrected chi connectivity index (χ1v) is 12.1. The Hall–Kier alpha value is -3.11. The van der Waals surface area contributed by atoms with Crippen molar-refractivity contribution >= 4 is 27.6 Å². The Kier molecular flexibility index (Phi) is 6.61. The number of amides is 3. The van der Waals surface area contributed by atoms with Crippen molar-refractivity contribution in [3.63, 3.8) is 0 Å². The van der Waals surface area contributed by atoms with Crippen LogP contribution in [-0.2, 0) is 14.8 Å². The Labute approximate surface area is 187 Å². The monoisotopic (exact) mass is 458 g/mol. The molecule has 0 saturated carbocycles. The quantitative estimate of drug-likeness (QED) is 0.660. The minimum Gasteiger partial charge on any atom is -0.455 e.